The van der Waals surface area contributed by atoms with E-state index in [0.29, 0.717) is 0 Å². The number of nitrogens with two attached hydrogens (primary N) is 2. The fourth-order valence-corrected chi connectivity index (χ4v) is 1.19. The van der Waals surface area contributed by atoms with Crippen LogP contribution in [0.15, 0.2) is 22.7 Å². The highest BCUT2D eigenvalue weighted by Crippen LogP contribution is 2.20. The van der Waals surface area contributed by atoms with E-state index in [1.54, 1.807) is 0 Å². The lowest BCUT2D eigenvalue weighted by atomic mass is 9.90. The molecule has 4 N–H and O–H groups in total. The van der Waals surface area contributed by atoms with Gasteiger partial charge in [-0.3, -0.25) is 0 Å². The third-order valence-electron chi connectivity index (χ3n) is 1.66. The second kappa shape index (κ2) is 2.49. The third kappa shape index (κ3) is 1.48. The molecule has 3 heteroatoms. The average Bonchev–Trinajstić information content (AvgIpc) is 1.81. The molecule has 1 aliphatic rings. The van der Waals surface area contributed by atoms with Crippen LogP contribution in [0.5, 0.6) is 0 Å². The molecule has 10 heavy (non-hydrogen) atoms. The summed E-state index contributed by atoms with van der Waals surface area (Å²) in [7, 11) is 0. The van der Waals surface area contributed by atoms with Crippen molar-refractivity contribution < 1.29 is 0 Å². The molecular formula is C7H11BrN2. The van der Waals surface area contributed by atoms with Gasteiger partial charge in [0.15, 0.2) is 0 Å². The Kier molecular flexibility index (Phi) is 1.99. The summed E-state index contributed by atoms with van der Waals surface area (Å²) in [5.74, 6) is 0. The molecule has 0 fully saturated rings. The van der Waals surface area contributed by atoms with Gasteiger partial charge < -0.3 is 11.5 Å². The normalized spacial score (nSPS) is 39.6. The first-order chi connectivity index (χ1) is 4.52. The molecule has 0 aromatic carbocycles. The van der Waals surface area contributed by atoms with E-state index < -0.39 is 5.54 Å². The van der Waals surface area contributed by atoms with Crippen molar-refractivity contribution in [2.75, 3.05) is 0 Å². The SMILES string of the molecule is CC1(N)C=CC(Br)=CC1N. The quantitative estimate of drug-likeness (QED) is 0.614. The molecule has 0 aliphatic heterocycles. The lowest BCUT2D eigenvalue weighted by Gasteiger charge is -2.28. The first-order valence-corrected chi connectivity index (χ1v) is 3.93. The Bertz CT molecular complexity index is 194. The van der Waals surface area contributed by atoms with Crippen molar-refractivity contribution in [1.82, 2.24) is 0 Å². The summed E-state index contributed by atoms with van der Waals surface area (Å²) >= 11 is 3.32. The molecule has 1 rings (SSSR count). The highest BCUT2D eigenvalue weighted by molar-refractivity contribution is 9.11. The summed E-state index contributed by atoms with van der Waals surface area (Å²) in [5, 5.41) is 0. The van der Waals surface area contributed by atoms with Crippen LogP contribution in [0.3, 0.4) is 0 Å². The molecule has 0 bridgehead atoms. The molecule has 56 valence electrons. The Hall–Kier alpha value is -0.120. The van der Waals surface area contributed by atoms with Gasteiger partial charge in [-0.2, -0.15) is 0 Å². The van der Waals surface area contributed by atoms with Crippen molar-refractivity contribution in [3.63, 3.8) is 0 Å². The lowest BCUT2D eigenvalue weighted by molar-refractivity contribution is 0.514. The molecule has 1 aliphatic carbocycles. The first-order valence-electron chi connectivity index (χ1n) is 3.13. The van der Waals surface area contributed by atoms with Crippen LogP contribution in [0.1, 0.15) is 6.92 Å². The molecule has 2 unspecified atom stereocenters. The van der Waals surface area contributed by atoms with E-state index in [9.17, 15) is 0 Å². The second-order valence-electron chi connectivity index (χ2n) is 2.78. The third-order valence-corrected chi connectivity index (χ3v) is 2.19. The van der Waals surface area contributed by atoms with Gasteiger partial charge in [0.05, 0.1) is 5.54 Å². The summed E-state index contributed by atoms with van der Waals surface area (Å²) in [5.41, 5.74) is 11.1. The van der Waals surface area contributed by atoms with E-state index in [2.05, 4.69) is 15.9 Å². The molecule has 0 saturated heterocycles. The summed E-state index contributed by atoms with van der Waals surface area (Å²) in [6.45, 7) is 1.91. The van der Waals surface area contributed by atoms with Crippen molar-refractivity contribution in [3.8, 4) is 0 Å². The molecule has 0 aromatic heterocycles. The van der Waals surface area contributed by atoms with Crippen LogP contribution in [-0.4, -0.2) is 11.6 Å². The summed E-state index contributed by atoms with van der Waals surface area (Å²) in [6.07, 6.45) is 5.73. The number of allylic oxidation sites excluding steroid dienone is 2. The molecule has 2 nitrogen and oxygen atoms in total. The van der Waals surface area contributed by atoms with Gasteiger partial charge in [0, 0.05) is 10.5 Å². The van der Waals surface area contributed by atoms with Gasteiger partial charge in [0.25, 0.3) is 0 Å². The van der Waals surface area contributed by atoms with Crippen LogP contribution in [0, 0.1) is 0 Å². The zero-order chi connectivity index (χ0) is 7.78. The molecule has 0 spiro atoms. The highest BCUT2D eigenvalue weighted by Gasteiger charge is 2.24. The van der Waals surface area contributed by atoms with E-state index >= 15 is 0 Å². The van der Waals surface area contributed by atoms with E-state index in [-0.39, 0.29) is 6.04 Å². The van der Waals surface area contributed by atoms with Crippen LogP contribution in [0.25, 0.3) is 0 Å². The monoisotopic (exact) mass is 202 g/mol. The Balaban J connectivity index is 2.84. The molecule has 0 saturated carbocycles. The topological polar surface area (TPSA) is 52.0 Å². The highest BCUT2D eigenvalue weighted by atomic mass is 79.9. The predicted octanol–water partition coefficient (Wildman–Crippen LogP) is 0.880. The van der Waals surface area contributed by atoms with Crippen LogP contribution >= 0.6 is 15.9 Å². The average molecular weight is 203 g/mol. The van der Waals surface area contributed by atoms with Crippen LogP contribution in [-0.2, 0) is 0 Å². The molecular weight excluding hydrogens is 192 g/mol. The molecule has 0 radical (unpaired) electrons. The van der Waals surface area contributed by atoms with Crippen LogP contribution in [0.2, 0.25) is 0 Å². The minimum Gasteiger partial charge on any atom is -0.323 e. The summed E-state index contributed by atoms with van der Waals surface area (Å²) < 4.78 is 1.00. The van der Waals surface area contributed by atoms with Gasteiger partial charge >= 0.3 is 0 Å². The molecule has 0 heterocycles. The van der Waals surface area contributed by atoms with Crippen molar-refractivity contribution in [1.29, 1.82) is 0 Å². The van der Waals surface area contributed by atoms with Crippen LogP contribution < -0.4 is 11.5 Å². The zero-order valence-electron chi connectivity index (χ0n) is 5.84. The van der Waals surface area contributed by atoms with Crippen molar-refractivity contribution in [2.24, 2.45) is 11.5 Å². The first kappa shape index (κ1) is 7.98. The van der Waals surface area contributed by atoms with Crippen molar-refractivity contribution >= 4 is 15.9 Å². The largest absolute Gasteiger partial charge is 0.323 e. The molecule has 2 atom stereocenters. The second-order valence-corrected chi connectivity index (χ2v) is 3.69. The minimum atomic E-state index is -0.392. The van der Waals surface area contributed by atoms with Crippen molar-refractivity contribution in [2.45, 2.75) is 18.5 Å². The van der Waals surface area contributed by atoms with E-state index in [1.165, 1.54) is 0 Å². The Morgan fingerprint density at radius 2 is 2.30 bits per heavy atom. The van der Waals surface area contributed by atoms with Crippen molar-refractivity contribution in [3.05, 3.63) is 22.7 Å². The van der Waals surface area contributed by atoms with Gasteiger partial charge in [-0.05, 0) is 6.92 Å². The Morgan fingerprint density at radius 3 is 2.70 bits per heavy atom. The number of halogens is 1. The maximum Gasteiger partial charge on any atom is 0.0504 e. The van der Waals surface area contributed by atoms with E-state index in [1.807, 2.05) is 25.2 Å². The fraction of sp³-hybridized carbons (Fsp3) is 0.429. The number of rotatable bonds is 0. The van der Waals surface area contributed by atoms with Crippen LogP contribution in [0.4, 0.5) is 0 Å². The molecule has 0 aromatic rings. The summed E-state index contributed by atoms with van der Waals surface area (Å²) in [4.78, 5) is 0. The van der Waals surface area contributed by atoms with E-state index in [4.69, 9.17) is 11.5 Å². The standard InChI is InChI=1S/C7H11BrN2/c1-7(10)3-2-5(8)4-6(7)9/h2-4,6H,9-10H2,1H3. The predicted molar refractivity (Wildman–Crippen MR) is 46.7 cm³/mol. The minimum absolute atomic E-state index is 0.0909. The zero-order valence-corrected chi connectivity index (χ0v) is 7.43. The van der Waals surface area contributed by atoms with Gasteiger partial charge in [-0.25, -0.2) is 0 Å². The summed E-state index contributed by atoms with van der Waals surface area (Å²) in [6, 6.07) is -0.0909. The Morgan fingerprint density at radius 1 is 1.70 bits per heavy atom. The number of hydrogen-bond donors (Lipinski definition) is 2. The van der Waals surface area contributed by atoms with Gasteiger partial charge in [-0.15, -0.1) is 0 Å². The smallest absolute Gasteiger partial charge is 0.0504 e. The van der Waals surface area contributed by atoms with Gasteiger partial charge in [-0.1, -0.05) is 34.2 Å². The lowest BCUT2D eigenvalue weighted by Crippen LogP contribution is -2.51. The maximum absolute atomic E-state index is 5.81. The molecule has 0 amide bonds. The Labute approximate surface area is 69.1 Å². The maximum atomic E-state index is 5.81. The number of hydrogen-bond acceptors (Lipinski definition) is 2. The van der Waals surface area contributed by atoms with E-state index in [0.717, 1.165) is 4.48 Å². The van der Waals surface area contributed by atoms with Gasteiger partial charge in [0.2, 0.25) is 0 Å². The fourth-order valence-electron chi connectivity index (χ4n) is 0.777. The van der Waals surface area contributed by atoms with Gasteiger partial charge in [0.1, 0.15) is 0 Å².